The molecule has 0 radical (unpaired) electrons. The minimum atomic E-state index is -1.07. The summed E-state index contributed by atoms with van der Waals surface area (Å²) in [5.41, 5.74) is 1.93. The van der Waals surface area contributed by atoms with E-state index >= 15 is 0 Å². The van der Waals surface area contributed by atoms with Crippen LogP contribution in [0.15, 0.2) is 36.8 Å². The van der Waals surface area contributed by atoms with Gasteiger partial charge < -0.3 is 9.67 Å². The Morgan fingerprint density at radius 3 is 2.76 bits per heavy atom. The largest absolute Gasteiger partial charge is 0.393 e. The first-order valence-corrected chi connectivity index (χ1v) is 7.13. The van der Waals surface area contributed by atoms with Gasteiger partial charge in [-0.1, -0.05) is 24.3 Å². The highest BCUT2D eigenvalue weighted by Gasteiger charge is 2.59. The lowest BCUT2D eigenvalue weighted by Gasteiger charge is -2.53. The van der Waals surface area contributed by atoms with Gasteiger partial charge in [-0.25, -0.2) is 4.98 Å². The number of aromatic nitrogens is 2. The number of rotatable bonds is 3. The second kappa shape index (κ2) is 4.37. The second-order valence-electron chi connectivity index (χ2n) is 6.15. The van der Waals surface area contributed by atoms with Crippen molar-refractivity contribution in [2.24, 2.45) is 11.3 Å². The van der Waals surface area contributed by atoms with E-state index in [9.17, 15) is 13.9 Å². The fourth-order valence-electron chi connectivity index (χ4n) is 4.03. The van der Waals surface area contributed by atoms with Gasteiger partial charge in [-0.15, -0.1) is 0 Å². The lowest BCUT2D eigenvalue weighted by molar-refractivity contribution is -0.143. The van der Waals surface area contributed by atoms with Crippen molar-refractivity contribution in [3.63, 3.8) is 0 Å². The Kier molecular flexibility index (Phi) is 2.70. The van der Waals surface area contributed by atoms with Crippen LogP contribution in [0, 0.1) is 11.3 Å². The average Bonchev–Trinajstić information content (AvgIpc) is 3.08. The first kappa shape index (κ1) is 13.0. The van der Waals surface area contributed by atoms with Crippen LogP contribution in [0.25, 0.3) is 11.3 Å². The van der Waals surface area contributed by atoms with Crippen molar-refractivity contribution in [3.8, 4) is 11.3 Å². The summed E-state index contributed by atoms with van der Waals surface area (Å²) in [4.78, 5) is 4.15. The molecule has 2 heterocycles. The molecule has 0 unspecified atom stereocenters. The van der Waals surface area contributed by atoms with Crippen LogP contribution in [0.4, 0.5) is 8.78 Å². The number of hydrogen-bond acceptors (Lipinski definition) is 2. The molecule has 0 spiro atoms. The van der Waals surface area contributed by atoms with Crippen LogP contribution in [0.5, 0.6) is 0 Å². The molecule has 1 saturated carbocycles. The van der Waals surface area contributed by atoms with Crippen LogP contribution >= 0.6 is 0 Å². The Morgan fingerprint density at radius 1 is 1.29 bits per heavy atom. The van der Waals surface area contributed by atoms with Crippen molar-refractivity contribution >= 4 is 0 Å². The standard InChI is InChI=1S/C16H16F2N2O/c17-7-16(8-18)5-13(21)14(16)15-11-4-2-1-3-10(11)12-6-19-9-20(12)15/h1-4,6,9,13-15,21H,5,7-8H2/t13-,14+,15-/m0/s1. The van der Waals surface area contributed by atoms with Gasteiger partial charge in [0.1, 0.15) is 0 Å². The smallest absolute Gasteiger partial charge is 0.0981 e. The van der Waals surface area contributed by atoms with E-state index in [0.29, 0.717) is 0 Å². The van der Waals surface area contributed by atoms with Crippen molar-refractivity contribution in [2.75, 3.05) is 13.3 Å². The van der Waals surface area contributed by atoms with E-state index in [2.05, 4.69) is 4.98 Å². The molecule has 0 amide bonds. The average molecular weight is 290 g/mol. The maximum Gasteiger partial charge on any atom is 0.0981 e. The summed E-state index contributed by atoms with van der Waals surface area (Å²) in [6, 6.07) is 7.57. The summed E-state index contributed by atoms with van der Waals surface area (Å²) in [5, 5.41) is 10.2. The number of hydrogen-bond donors (Lipinski definition) is 1. The molecule has 21 heavy (non-hydrogen) atoms. The lowest BCUT2D eigenvalue weighted by atomic mass is 9.56. The monoisotopic (exact) mass is 290 g/mol. The third kappa shape index (κ3) is 1.52. The van der Waals surface area contributed by atoms with E-state index in [0.717, 1.165) is 16.8 Å². The first-order valence-electron chi connectivity index (χ1n) is 7.13. The quantitative estimate of drug-likeness (QED) is 0.944. The highest BCUT2D eigenvalue weighted by molar-refractivity contribution is 5.69. The van der Waals surface area contributed by atoms with E-state index in [4.69, 9.17) is 0 Å². The van der Waals surface area contributed by atoms with Gasteiger partial charge in [0.05, 0.1) is 43.7 Å². The van der Waals surface area contributed by atoms with Crippen molar-refractivity contribution in [2.45, 2.75) is 18.6 Å². The summed E-state index contributed by atoms with van der Waals surface area (Å²) in [6.45, 7) is -1.48. The summed E-state index contributed by atoms with van der Waals surface area (Å²) < 4.78 is 28.9. The zero-order valence-corrected chi connectivity index (χ0v) is 11.4. The second-order valence-corrected chi connectivity index (χ2v) is 6.15. The summed E-state index contributed by atoms with van der Waals surface area (Å²) >= 11 is 0. The molecule has 0 bridgehead atoms. The summed E-state index contributed by atoms with van der Waals surface area (Å²) in [5.74, 6) is -0.455. The molecule has 3 atom stereocenters. The zero-order valence-electron chi connectivity index (χ0n) is 11.4. The molecule has 110 valence electrons. The molecule has 2 aromatic rings. The van der Waals surface area contributed by atoms with Crippen LogP contribution in [0.2, 0.25) is 0 Å². The number of nitrogens with zero attached hydrogens (tertiary/aromatic N) is 2. The van der Waals surface area contributed by atoms with Crippen LogP contribution in [-0.2, 0) is 0 Å². The third-order valence-corrected chi connectivity index (χ3v) is 5.13. The maximum atomic E-state index is 13.5. The number of benzene rings is 1. The third-order valence-electron chi connectivity index (χ3n) is 5.13. The van der Waals surface area contributed by atoms with Gasteiger partial charge in [0.15, 0.2) is 0 Å². The summed E-state index contributed by atoms with van der Waals surface area (Å²) in [7, 11) is 0. The predicted molar refractivity (Wildman–Crippen MR) is 74.3 cm³/mol. The summed E-state index contributed by atoms with van der Waals surface area (Å²) in [6.07, 6.45) is 2.96. The Hall–Kier alpha value is -1.75. The highest BCUT2D eigenvalue weighted by Crippen LogP contribution is 2.57. The first-order chi connectivity index (χ1) is 10.2. The molecule has 5 heteroatoms. The van der Waals surface area contributed by atoms with E-state index in [1.807, 2.05) is 28.8 Å². The zero-order chi connectivity index (χ0) is 14.6. The van der Waals surface area contributed by atoms with Crippen molar-refractivity contribution in [1.82, 2.24) is 9.55 Å². The molecule has 1 aromatic heterocycles. The predicted octanol–water partition coefficient (Wildman–Crippen LogP) is 2.76. The molecule has 1 aliphatic heterocycles. The Bertz CT molecular complexity index is 680. The number of imidazole rings is 1. The van der Waals surface area contributed by atoms with Crippen molar-refractivity contribution in [3.05, 3.63) is 42.4 Å². The van der Waals surface area contributed by atoms with Gasteiger partial charge in [0.25, 0.3) is 0 Å². The minimum absolute atomic E-state index is 0.188. The molecule has 1 fully saturated rings. The molecule has 1 aromatic carbocycles. The Morgan fingerprint density at radius 2 is 2.05 bits per heavy atom. The van der Waals surface area contributed by atoms with E-state index in [1.54, 1.807) is 12.5 Å². The van der Waals surface area contributed by atoms with Gasteiger partial charge in [0, 0.05) is 16.9 Å². The molecule has 0 saturated heterocycles. The normalized spacial score (nSPS) is 28.8. The van der Waals surface area contributed by atoms with Gasteiger partial charge >= 0.3 is 0 Å². The SMILES string of the molecule is O[C@H]1CC(CF)(CF)[C@H]1[C@@H]1c2ccccc2-c2cncn21. The Labute approximate surface area is 121 Å². The molecule has 3 nitrogen and oxygen atoms in total. The van der Waals surface area contributed by atoms with Gasteiger partial charge in [0.2, 0.25) is 0 Å². The fourth-order valence-corrected chi connectivity index (χ4v) is 4.03. The van der Waals surface area contributed by atoms with E-state index in [-0.39, 0.29) is 12.5 Å². The minimum Gasteiger partial charge on any atom is -0.393 e. The topological polar surface area (TPSA) is 38.1 Å². The molecular formula is C16H16F2N2O. The lowest BCUT2D eigenvalue weighted by Crippen LogP contribution is -2.57. The van der Waals surface area contributed by atoms with Crippen molar-refractivity contribution in [1.29, 1.82) is 0 Å². The fraction of sp³-hybridized carbons (Fsp3) is 0.438. The van der Waals surface area contributed by atoms with E-state index in [1.165, 1.54) is 0 Å². The number of fused-ring (bicyclic) bond motifs is 3. The van der Waals surface area contributed by atoms with Crippen LogP contribution in [-0.4, -0.2) is 34.1 Å². The maximum absolute atomic E-state index is 13.5. The number of aliphatic hydroxyl groups is 1. The number of aliphatic hydroxyl groups excluding tert-OH is 1. The van der Waals surface area contributed by atoms with Crippen LogP contribution < -0.4 is 0 Å². The molecular weight excluding hydrogens is 274 g/mol. The van der Waals surface area contributed by atoms with Gasteiger partial charge in [-0.3, -0.25) is 8.78 Å². The Balaban J connectivity index is 1.86. The van der Waals surface area contributed by atoms with Gasteiger partial charge in [-0.2, -0.15) is 0 Å². The van der Waals surface area contributed by atoms with E-state index < -0.39 is 30.8 Å². The number of halogens is 2. The highest BCUT2D eigenvalue weighted by atomic mass is 19.1. The van der Waals surface area contributed by atoms with Crippen LogP contribution in [0.3, 0.4) is 0 Å². The van der Waals surface area contributed by atoms with Crippen molar-refractivity contribution < 1.29 is 13.9 Å². The molecule has 1 N–H and O–H groups in total. The molecule has 1 aliphatic carbocycles. The van der Waals surface area contributed by atoms with Crippen LogP contribution in [0.1, 0.15) is 18.0 Å². The molecule has 4 rings (SSSR count). The van der Waals surface area contributed by atoms with Gasteiger partial charge in [-0.05, 0) is 12.0 Å². The number of alkyl halides is 2. The molecule has 2 aliphatic rings.